The predicted octanol–water partition coefficient (Wildman–Crippen LogP) is 2.63. The Morgan fingerprint density at radius 1 is 1.26 bits per heavy atom. The van der Waals surface area contributed by atoms with Crippen molar-refractivity contribution >= 4 is 5.69 Å². The lowest BCUT2D eigenvalue weighted by Crippen LogP contribution is -2.32. The van der Waals surface area contributed by atoms with Crippen LogP contribution in [-0.4, -0.2) is 38.1 Å². The van der Waals surface area contributed by atoms with E-state index in [1.807, 2.05) is 0 Å². The molecular weight excluding hydrogens is 234 g/mol. The molecule has 0 amide bonds. The van der Waals surface area contributed by atoms with Gasteiger partial charge in [0.05, 0.1) is 0 Å². The molecule has 1 saturated heterocycles. The first-order valence-corrected chi connectivity index (χ1v) is 7.50. The minimum Gasteiger partial charge on any atom is -0.373 e. The fourth-order valence-electron chi connectivity index (χ4n) is 2.79. The van der Waals surface area contributed by atoms with Crippen molar-refractivity contribution in [1.29, 1.82) is 0 Å². The molecule has 1 aromatic carbocycles. The Labute approximate surface area is 117 Å². The maximum Gasteiger partial charge on any atom is 0.0412 e. The molecule has 0 bridgehead atoms. The van der Waals surface area contributed by atoms with Crippen LogP contribution in [0.15, 0.2) is 24.3 Å². The topological polar surface area (TPSA) is 32.5 Å². The Balaban J connectivity index is 1.99. The van der Waals surface area contributed by atoms with E-state index in [2.05, 4.69) is 48.0 Å². The van der Waals surface area contributed by atoms with Crippen LogP contribution < -0.4 is 10.6 Å². The smallest absolute Gasteiger partial charge is 0.0412 e. The lowest BCUT2D eigenvalue weighted by molar-refractivity contribution is 0.346. The van der Waals surface area contributed by atoms with Gasteiger partial charge in [-0.2, -0.15) is 0 Å². The highest BCUT2D eigenvalue weighted by Crippen LogP contribution is 2.25. The van der Waals surface area contributed by atoms with Gasteiger partial charge in [0, 0.05) is 31.9 Å². The molecule has 1 aliphatic heterocycles. The number of benzene rings is 1. The standard InChI is InChI=1S/C16H27N3/c1-3-15(17)14-8-4-5-9-16(14)18(2)12-13-19-10-6-7-11-19/h4-5,8-9,15H,3,6-7,10-13,17H2,1-2H3/t15-/m0/s1. The summed E-state index contributed by atoms with van der Waals surface area (Å²) in [5, 5.41) is 0. The van der Waals surface area contributed by atoms with Crippen molar-refractivity contribution < 1.29 is 0 Å². The van der Waals surface area contributed by atoms with Crippen molar-refractivity contribution in [3.8, 4) is 0 Å². The van der Waals surface area contributed by atoms with Gasteiger partial charge in [-0.05, 0) is 44.0 Å². The number of anilines is 1. The van der Waals surface area contributed by atoms with Crippen LogP contribution in [0.4, 0.5) is 5.69 Å². The SMILES string of the molecule is CC[C@H](N)c1ccccc1N(C)CCN1CCCC1. The molecule has 1 heterocycles. The molecule has 0 radical (unpaired) electrons. The molecule has 19 heavy (non-hydrogen) atoms. The maximum absolute atomic E-state index is 6.21. The molecule has 0 aromatic heterocycles. The number of hydrogen-bond acceptors (Lipinski definition) is 3. The lowest BCUT2D eigenvalue weighted by atomic mass is 10.0. The molecule has 106 valence electrons. The molecule has 1 aliphatic rings. The summed E-state index contributed by atoms with van der Waals surface area (Å²) in [6, 6.07) is 8.69. The van der Waals surface area contributed by atoms with Gasteiger partial charge in [-0.15, -0.1) is 0 Å². The van der Waals surface area contributed by atoms with Crippen LogP contribution in [0.5, 0.6) is 0 Å². The van der Waals surface area contributed by atoms with Crippen molar-refractivity contribution in [2.75, 3.05) is 38.1 Å². The van der Waals surface area contributed by atoms with Crippen LogP contribution in [0, 0.1) is 0 Å². The molecule has 0 spiro atoms. The number of likely N-dealkylation sites (tertiary alicyclic amines) is 1. The average molecular weight is 261 g/mol. The second kappa shape index (κ2) is 6.92. The Hall–Kier alpha value is -1.06. The molecule has 1 aromatic rings. The van der Waals surface area contributed by atoms with E-state index in [1.54, 1.807) is 0 Å². The largest absolute Gasteiger partial charge is 0.373 e. The second-order valence-corrected chi connectivity index (χ2v) is 5.54. The van der Waals surface area contributed by atoms with Gasteiger partial charge >= 0.3 is 0 Å². The zero-order valence-corrected chi connectivity index (χ0v) is 12.3. The Kier molecular flexibility index (Phi) is 5.23. The van der Waals surface area contributed by atoms with Crippen molar-refractivity contribution in [3.05, 3.63) is 29.8 Å². The van der Waals surface area contributed by atoms with Gasteiger partial charge in [0.1, 0.15) is 0 Å². The summed E-state index contributed by atoms with van der Waals surface area (Å²) in [5.41, 5.74) is 8.77. The van der Waals surface area contributed by atoms with E-state index in [4.69, 9.17) is 5.73 Å². The lowest BCUT2D eigenvalue weighted by Gasteiger charge is -2.26. The van der Waals surface area contributed by atoms with Crippen LogP contribution in [0.3, 0.4) is 0 Å². The van der Waals surface area contributed by atoms with Crippen molar-refractivity contribution in [1.82, 2.24) is 4.90 Å². The fourth-order valence-corrected chi connectivity index (χ4v) is 2.79. The summed E-state index contributed by atoms with van der Waals surface area (Å²) >= 11 is 0. The molecule has 3 heteroatoms. The van der Waals surface area contributed by atoms with Crippen LogP contribution in [0.2, 0.25) is 0 Å². The van der Waals surface area contributed by atoms with Gasteiger partial charge in [0.2, 0.25) is 0 Å². The summed E-state index contributed by atoms with van der Waals surface area (Å²) in [5.74, 6) is 0. The molecular formula is C16H27N3. The number of rotatable bonds is 6. The number of nitrogens with zero attached hydrogens (tertiary/aromatic N) is 2. The van der Waals surface area contributed by atoms with E-state index in [1.165, 1.54) is 37.2 Å². The molecule has 0 saturated carbocycles. The van der Waals surface area contributed by atoms with Crippen molar-refractivity contribution in [2.24, 2.45) is 5.73 Å². The van der Waals surface area contributed by atoms with Gasteiger partial charge in [0.15, 0.2) is 0 Å². The van der Waals surface area contributed by atoms with E-state index in [0.717, 1.165) is 19.5 Å². The van der Waals surface area contributed by atoms with Gasteiger partial charge in [0.25, 0.3) is 0 Å². The minimum absolute atomic E-state index is 0.144. The molecule has 0 unspecified atom stereocenters. The number of para-hydroxylation sites is 1. The molecule has 1 atom stereocenters. The molecule has 3 nitrogen and oxygen atoms in total. The van der Waals surface area contributed by atoms with Crippen LogP contribution in [0.1, 0.15) is 37.8 Å². The summed E-state index contributed by atoms with van der Waals surface area (Å²) in [7, 11) is 2.18. The van der Waals surface area contributed by atoms with Crippen molar-refractivity contribution in [2.45, 2.75) is 32.2 Å². The second-order valence-electron chi connectivity index (χ2n) is 5.54. The quantitative estimate of drug-likeness (QED) is 0.854. The van der Waals surface area contributed by atoms with Gasteiger partial charge in [-0.25, -0.2) is 0 Å². The first-order chi connectivity index (χ1) is 9.22. The molecule has 2 rings (SSSR count). The normalized spacial score (nSPS) is 17.6. The third-order valence-electron chi connectivity index (χ3n) is 4.14. The summed E-state index contributed by atoms with van der Waals surface area (Å²) in [6.07, 6.45) is 3.71. The third-order valence-corrected chi connectivity index (χ3v) is 4.14. The first-order valence-electron chi connectivity index (χ1n) is 7.50. The number of likely N-dealkylation sites (N-methyl/N-ethyl adjacent to an activating group) is 1. The number of nitrogens with two attached hydrogens (primary N) is 1. The minimum atomic E-state index is 0.144. The van der Waals surface area contributed by atoms with E-state index < -0.39 is 0 Å². The zero-order valence-electron chi connectivity index (χ0n) is 12.3. The fraction of sp³-hybridized carbons (Fsp3) is 0.625. The van der Waals surface area contributed by atoms with E-state index in [0.29, 0.717) is 0 Å². The van der Waals surface area contributed by atoms with Gasteiger partial charge in [-0.3, -0.25) is 0 Å². The zero-order chi connectivity index (χ0) is 13.7. The average Bonchev–Trinajstić information content (AvgIpc) is 2.97. The summed E-state index contributed by atoms with van der Waals surface area (Å²) in [4.78, 5) is 4.90. The van der Waals surface area contributed by atoms with Crippen LogP contribution >= 0.6 is 0 Å². The molecule has 2 N–H and O–H groups in total. The highest BCUT2D eigenvalue weighted by Gasteiger charge is 2.15. The Bertz CT molecular complexity index is 385. The van der Waals surface area contributed by atoms with Crippen molar-refractivity contribution in [3.63, 3.8) is 0 Å². The number of hydrogen-bond donors (Lipinski definition) is 1. The van der Waals surface area contributed by atoms with E-state index in [9.17, 15) is 0 Å². The van der Waals surface area contributed by atoms with Gasteiger partial charge in [-0.1, -0.05) is 25.1 Å². The van der Waals surface area contributed by atoms with E-state index >= 15 is 0 Å². The van der Waals surface area contributed by atoms with E-state index in [-0.39, 0.29) is 6.04 Å². The van der Waals surface area contributed by atoms with Crippen LogP contribution in [-0.2, 0) is 0 Å². The Morgan fingerprint density at radius 3 is 2.63 bits per heavy atom. The van der Waals surface area contributed by atoms with Gasteiger partial charge < -0.3 is 15.5 Å². The van der Waals surface area contributed by atoms with Crippen LogP contribution in [0.25, 0.3) is 0 Å². The molecule has 0 aliphatic carbocycles. The summed E-state index contributed by atoms with van der Waals surface area (Å²) < 4.78 is 0. The third kappa shape index (κ3) is 3.71. The Morgan fingerprint density at radius 2 is 1.95 bits per heavy atom. The monoisotopic (exact) mass is 261 g/mol. The highest BCUT2D eigenvalue weighted by molar-refractivity contribution is 5.54. The predicted molar refractivity (Wildman–Crippen MR) is 82.6 cm³/mol. The summed E-state index contributed by atoms with van der Waals surface area (Å²) in [6.45, 7) is 6.92. The highest BCUT2D eigenvalue weighted by atomic mass is 15.2. The molecule has 1 fully saturated rings. The maximum atomic E-state index is 6.21. The first kappa shape index (κ1) is 14.4.